The Kier molecular flexibility index (Phi) is 6.70. The number of carbonyl (C=O) groups excluding carboxylic acids is 1. The number of imidazole rings is 1. The van der Waals surface area contributed by atoms with Crippen LogP contribution in [0.25, 0.3) is 11.0 Å². The summed E-state index contributed by atoms with van der Waals surface area (Å²) in [4.78, 5) is 25.7. The Bertz CT molecular complexity index is 809. The van der Waals surface area contributed by atoms with E-state index in [0.717, 1.165) is 62.4 Å². The van der Waals surface area contributed by atoms with Gasteiger partial charge in [-0.05, 0) is 76.4 Å². The number of hydrogen-bond donors (Lipinski definition) is 2. The SMILES string of the molecule is Cc1ccc2nc(N3CCCC(C(=O)NCCCN4CCCCCC4)C3)[nH]c2c1. The number of piperidine rings is 1. The van der Waals surface area contributed by atoms with Gasteiger partial charge in [0.05, 0.1) is 17.0 Å². The first-order valence-corrected chi connectivity index (χ1v) is 11.4. The molecule has 2 aliphatic heterocycles. The molecule has 1 amide bonds. The maximum atomic E-state index is 12.7. The van der Waals surface area contributed by atoms with Crippen molar-refractivity contribution >= 4 is 22.9 Å². The highest BCUT2D eigenvalue weighted by Crippen LogP contribution is 2.24. The maximum absolute atomic E-state index is 12.7. The molecule has 1 aromatic heterocycles. The Balaban J connectivity index is 1.25. The summed E-state index contributed by atoms with van der Waals surface area (Å²) in [5, 5.41) is 3.19. The van der Waals surface area contributed by atoms with Gasteiger partial charge in [-0.3, -0.25) is 4.79 Å². The van der Waals surface area contributed by atoms with E-state index in [-0.39, 0.29) is 11.8 Å². The molecule has 0 aliphatic carbocycles. The lowest BCUT2D eigenvalue weighted by Crippen LogP contribution is -2.44. The van der Waals surface area contributed by atoms with Gasteiger partial charge in [-0.2, -0.15) is 0 Å². The molecule has 6 heteroatoms. The van der Waals surface area contributed by atoms with E-state index in [1.807, 2.05) is 0 Å². The maximum Gasteiger partial charge on any atom is 0.224 e. The van der Waals surface area contributed by atoms with E-state index in [2.05, 4.69) is 45.2 Å². The van der Waals surface area contributed by atoms with Gasteiger partial charge >= 0.3 is 0 Å². The Morgan fingerprint density at radius 1 is 1.17 bits per heavy atom. The Morgan fingerprint density at radius 3 is 2.83 bits per heavy atom. The van der Waals surface area contributed by atoms with Gasteiger partial charge in [-0.1, -0.05) is 18.9 Å². The second-order valence-electron chi connectivity index (χ2n) is 8.77. The molecule has 1 unspecified atom stereocenters. The number of carbonyl (C=O) groups is 1. The number of likely N-dealkylation sites (tertiary alicyclic amines) is 1. The molecular weight excluding hydrogens is 362 g/mol. The van der Waals surface area contributed by atoms with Crippen LogP contribution in [0.2, 0.25) is 0 Å². The largest absolute Gasteiger partial charge is 0.356 e. The fraction of sp³-hybridized carbons (Fsp3) is 0.652. The summed E-state index contributed by atoms with van der Waals surface area (Å²) in [6, 6.07) is 6.28. The Morgan fingerprint density at radius 2 is 2.00 bits per heavy atom. The third kappa shape index (κ3) is 5.30. The van der Waals surface area contributed by atoms with Crippen molar-refractivity contribution in [3.63, 3.8) is 0 Å². The fourth-order valence-electron chi connectivity index (χ4n) is 4.66. The first-order valence-electron chi connectivity index (χ1n) is 11.4. The zero-order valence-corrected chi connectivity index (χ0v) is 17.8. The number of amides is 1. The highest BCUT2D eigenvalue weighted by atomic mass is 16.1. The van der Waals surface area contributed by atoms with Crippen LogP contribution in [0.1, 0.15) is 50.5 Å². The quantitative estimate of drug-likeness (QED) is 0.733. The lowest BCUT2D eigenvalue weighted by atomic mass is 9.97. The molecule has 0 radical (unpaired) electrons. The van der Waals surface area contributed by atoms with Crippen molar-refractivity contribution in [3.8, 4) is 0 Å². The predicted molar refractivity (Wildman–Crippen MR) is 118 cm³/mol. The van der Waals surface area contributed by atoms with E-state index in [1.54, 1.807) is 0 Å². The summed E-state index contributed by atoms with van der Waals surface area (Å²) >= 11 is 0. The Hall–Kier alpha value is -2.08. The number of benzene rings is 1. The van der Waals surface area contributed by atoms with Crippen molar-refractivity contribution in [2.75, 3.05) is 44.2 Å². The van der Waals surface area contributed by atoms with E-state index in [9.17, 15) is 4.79 Å². The van der Waals surface area contributed by atoms with Crippen LogP contribution in [0.5, 0.6) is 0 Å². The number of hydrogen-bond acceptors (Lipinski definition) is 4. The summed E-state index contributed by atoms with van der Waals surface area (Å²) < 4.78 is 0. The number of anilines is 1. The normalized spacial score (nSPS) is 21.3. The minimum atomic E-state index is 0.0527. The molecule has 2 saturated heterocycles. The molecule has 2 fully saturated rings. The molecule has 2 N–H and O–H groups in total. The molecular formula is C23H35N5O. The highest BCUT2D eigenvalue weighted by Gasteiger charge is 2.27. The number of fused-ring (bicyclic) bond motifs is 1. The van der Waals surface area contributed by atoms with E-state index < -0.39 is 0 Å². The summed E-state index contributed by atoms with van der Waals surface area (Å²) in [5.74, 6) is 1.15. The molecule has 0 saturated carbocycles. The van der Waals surface area contributed by atoms with Gasteiger partial charge in [0.15, 0.2) is 0 Å². The molecule has 158 valence electrons. The average Bonchev–Trinajstić information content (AvgIpc) is 2.98. The molecule has 2 aromatic rings. The van der Waals surface area contributed by atoms with E-state index in [0.29, 0.717) is 0 Å². The third-order valence-corrected chi connectivity index (χ3v) is 6.37. The minimum Gasteiger partial charge on any atom is -0.356 e. The summed E-state index contributed by atoms with van der Waals surface area (Å²) in [6.07, 6.45) is 8.44. The van der Waals surface area contributed by atoms with Crippen LogP contribution in [0.3, 0.4) is 0 Å². The monoisotopic (exact) mass is 397 g/mol. The number of aromatic nitrogens is 2. The van der Waals surface area contributed by atoms with Crippen LogP contribution in [-0.4, -0.2) is 60.0 Å². The molecule has 2 aliphatic rings. The van der Waals surface area contributed by atoms with Gasteiger partial charge in [0, 0.05) is 19.6 Å². The number of aryl methyl sites for hydroxylation is 1. The number of aromatic amines is 1. The summed E-state index contributed by atoms with van der Waals surface area (Å²) in [6.45, 7) is 8.14. The minimum absolute atomic E-state index is 0.0527. The fourth-order valence-corrected chi connectivity index (χ4v) is 4.66. The van der Waals surface area contributed by atoms with Gasteiger partial charge in [0.1, 0.15) is 0 Å². The smallest absolute Gasteiger partial charge is 0.224 e. The molecule has 0 spiro atoms. The van der Waals surface area contributed by atoms with Crippen molar-refractivity contribution < 1.29 is 4.79 Å². The van der Waals surface area contributed by atoms with Gasteiger partial charge in [0.25, 0.3) is 0 Å². The average molecular weight is 398 g/mol. The zero-order valence-electron chi connectivity index (χ0n) is 17.8. The molecule has 4 rings (SSSR count). The second kappa shape index (κ2) is 9.61. The van der Waals surface area contributed by atoms with Gasteiger partial charge < -0.3 is 20.1 Å². The van der Waals surface area contributed by atoms with Crippen molar-refractivity contribution in [3.05, 3.63) is 23.8 Å². The van der Waals surface area contributed by atoms with Gasteiger partial charge in [-0.25, -0.2) is 4.98 Å². The Labute approximate surface area is 174 Å². The van der Waals surface area contributed by atoms with Gasteiger partial charge in [0.2, 0.25) is 11.9 Å². The topological polar surface area (TPSA) is 64.3 Å². The summed E-state index contributed by atoms with van der Waals surface area (Å²) in [5.41, 5.74) is 3.29. The van der Waals surface area contributed by atoms with E-state index in [1.165, 1.54) is 44.3 Å². The first kappa shape index (κ1) is 20.2. The standard InChI is InChI=1S/C23H35N5O/c1-18-9-10-20-21(16-18)26-23(25-20)28-15-6-8-19(17-28)22(29)24-11-7-14-27-12-4-2-3-5-13-27/h9-10,16,19H,2-8,11-15,17H2,1H3,(H,24,29)(H,25,26). The second-order valence-corrected chi connectivity index (χ2v) is 8.77. The number of H-pyrrole nitrogens is 1. The van der Waals surface area contributed by atoms with Crippen LogP contribution in [0.4, 0.5) is 5.95 Å². The molecule has 1 atom stereocenters. The van der Waals surface area contributed by atoms with E-state index in [4.69, 9.17) is 4.98 Å². The number of rotatable bonds is 6. The molecule has 1 aromatic carbocycles. The molecule has 0 bridgehead atoms. The third-order valence-electron chi connectivity index (χ3n) is 6.37. The van der Waals surface area contributed by atoms with Crippen molar-refractivity contribution in [2.45, 2.75) is 51.9 Å². The van der Waals surface area contributed by atoms with Crippen molar-refractivity contribution in [1.29, 1.82) is 0 Å². The zero-order chi connectivity index (χ0) is 20.1. The molecule has 6 nitrogen and oxygen atoms in total. The summed E-state index contributed by atoms with van der Waals surface area (Å²) in [7, 11) is 0. The van der Waals surface area contributed by atoms with E-state index >= 15 is 0 Å². The van der Waals surface area contributed by atoms with Crippen LogP contribution < -0.4 is 10.2 Å². The molecule has 3 heterocycles. The highest BCUT2D eigenvalue weighted by molar-refractivity contribution is 5.80. The van der Waals surface area contributed by atoms with Gasteiger partial charge in [-0.15, -0.1) is 0 Å². The number of nitrogens with one attached hydrogen (secondary N) is 2. The van der Waals surface area contributed by atoms with Crippen LogP contribution in [0, 0.1) is 12.8 Å². The van der Waals surface area contributed by atoms with Crippen LogP contribution in [-0.2, 0) is 4.79 Å². The lowest BCUT2D eigenvalue weighted by Gasteiger charge is -2.31. The number of nitrogens with zero attached hydrogens (tertiary/aromatic N) is 3. The lowest BCUT2D eigenvalue weighted by molar-refractivity contribution is -0.125. The predicted octanol–water partition coefficient (Wildman–Crippen LogP) is 3.47. The van der Waals surface area contributed by atoms with Crippen LogP contribution >= 0.6 is 0 Å². The first-order chi connectivity index (χ1) is 14.2. The van der Waals surface area contributed by atoms with Crippen LogP contribution in [0.15, 0.2) is 18.2 Å². The van der Waals surface area contributed by atoms with Crippen molar-refractivity contribution in [1.82, 2.24) is 20.2 Å². The molecule has 29 heavy (non-hydrogen) atoms. The van der Waals surface area contributed by atoms with Crippen molar-refractivity contribution in [2.24, 2.45) is 5.92 Å².